The summed E-state index contributed by atoms with van der Waals surface area (Å²) >= 11 is 0. The standard InChI is InChI=1S/C15H21NO5S/c1-15(20-10-11-21-15)8-9-16-14(17)7-12-22(18,19)13-5-3-2-4-6-13/h2-6H,7-12H2,1H3,(H,16,17). The van der Waals surface area contributed by atoms with Crippen LogP contribution in [0, 0.1) is 0 Å². The first kappa shape index (κ1) is 16.9. The lowest BCUT2D eigenvalue weighted by Crippen LogP contribution is -2.34. The Morgan fingerprint density at radius 3 is 2.50 bits per heavy atom. The number of ether oxygens (including phenoxy) is 2. The number of benzene rings is 1. The minimum Gasteiger partial charge on any atom is -0.356 e. The van der Waals surface area contributed by atoms with E-state index >= 15 is 0 Å². The third-order valence-corrected chi connectivity index (χ3v) is 5.23. The van der Waals surface area contributed by atoms with E-state index in [0.717, 1.165) is 0 Å². The number of carbonyl (C=O) groups is 1. The number of rotatable bonds is 7. The van der Waals surface area contributed by atoms with Gasteiger partial charge in [-0.25, -0.2) is 8.42 Å². The Kier molecular flexibility index (Phi) is 5.55. The summed E-state index contributed by atoms with van der Waals surface area (Å²) in [7, 11) is -3.42. The average molecular weight is 327 g/mol. The highest BCUT2D eigenvalue weighted by atomic mass is 32.2. The zero-order valence-corrected chi connectivity index (χ0v) is 13.4. The maximum absolute atomic E-state index is 12.1. The number of carbonyl (C=O) groups excluding carboxylic acids is 1. The molecule has 1 fully saturated rings. The Labute approximate surface area is 130 Å². The molecule has 6 nitrogen and oxygen atoms in total. The summed E-state index contributed by atoms with van der Waals surface area (Å²) in [6.45, 7) is 3.33. The van der Waals surface area contributed by atoms with E-state index in [0.29, 0.717) is 26.2 Å². The Bertz CT molecular complexity index is 594. The lowest BCUT2D eigenvalue weighted by Gasteiger charge is -2.22. The van der Waals surface area contributed by atoms with E-state index in [4.69, 9.17) is 9.47 Å². The lowest BCUT2D eigenvalue weighted by atomic mass is 10.2. The number of hydrogen-bond donors (Lipinski definition) is 1. The molecule has 0 bridgehead atoms. The molecule has 1 aliphatic rings. The minimum absolute atomic E-state index is 0.0599. The molecule has 1 aliphatic heterocycles. The van der Waals surface area contributed by atoms with E-state index in [-0.39, 0.29) is 23.0 Å². The predicted molar refractivity (Wildman–Crippen MR) is 81.0 cm³/mol. The molecular formula is C15H21NO5S. The third-order valence-electron chi connectivity index (χ3n) is 3.50. The number of sulfone groups is 1. The first-order valence-electron chi connectivity index (χ1n) is 7.24. The first-order chi connectivity index (χ1) is 10.4. The van der Waals surface area contributed by atoms with Gasteiger partial charge in [0.1, 0.15) is 0 Å². The summed E-state index contributed by atoms with van der Waals surface area (Å²) in [5.41, 5.74) is 0. The first-order valence-corrected chi connectivity index (χ1v) is 8.89. The van der Waals surface area contributed by atoms with E-state index in [1.807, 2.05) is 6.92 Å². The van der Waals surface area contributed by atoms with Crippen molar-refractivity contribution in [1.29, 1.82) is 0 Å². The Morgan fingerprint density at radius 1 is 1.23 bits per heavy atom. The molecule has 0 aromatic heterocycles. The highest BCUT2D eigenvalue weighted by molar-refractivity contribution is 7.91. The fourth-order valence-electron chi connectivity index (χ4n) is 2.19. The second-order valence-corrected chi connectivity index (χ2v) is 7.42. The van der Waals surface area contributed by atoms with Gasteiger partial charge in [0.2, 0.25) is 5.91 Å². The second kappa shape index (κ2) is 7.21. The molecule has 1 N–H and O–H groups in total. The molecule has 0 unspecified atom stereocenters. The highest BCUT2D eigenvalue weighted by Gasteiger charge is 2.30. The van der Waals surface area contributed by atoms with E-state index in [1.165, 1.54) is 12.1 Å². The zero-order valence-electron chi connectivity index (χ0n) is 12.6. The summed E-state index contributed by atoms with van der Waals surface area (Å²) in [6.07, 6.45) is 0.472. The SMILES string of the molecule is CC1(CCNC(=O)CCS(=O)(=O)c2ccccc2)OCCO1. The normalized spacial score (nSPS) is 17.3. The number of amides is 1. The maximum atomic E-state index is 12.1. The third kappa shape index (κ3) is 4.79. The zero-order chi connectivity index (χ0) is 16.1. The Balaban J connectivity index is 1.73. The molecular weight excluding hydrogens is 306 g/mol. The fourth-order valence-corrected chi connectivity index (χ4v) is 3.45. The van der Waals surface area contributed by atoms with Crippen LogP contribution in [0.4, 0.5) is 0 Å². The summed E-state index contributed by atoms with van der Waals surface area (Å²) < 4.78 is 35.0. The molecule has 2 rings (SSSR count). The van der Waals surface area contributed by atoms with Crippen LogP contribution in [0.1, 0.15) is 19.8 Å². The largest absolute Gasteiger partial charge is 0.356 e. The van der Waals surface area contributed by atoms with Crippen LogP contribution in [0.2, 0.25) is 0 Å². The van der Waals surface area contributed by atoms with Crippen molar-refractivity contribution < 1.29 is 22.7 Å². The van der Waals surface area contributed by atoms with Crippen molar-refractivity contribution in [3.63, 3.8) is 0 Å². The van der Waals surface area contributed by atoms with Gasteiger partial charge in [0.05, 0.1) is 23.9 Å². The Morgan fingerprint density at radius 2 is 1.86 bits per heavy atom. The van der Waals surface area contributed by atoms with Gasteiger partial charge in [0.15, 0.2) is 15.6 Å². The summed E-state index contributed by atoms with van der Waals surface area (Å²) in [5.74, 6) is -1.14. The summed E-state index contributed by atoms with van der Waals surface area (Å²) in [4.78, 5) is 12.0. The number of nitrogens with one attached hydrogen (secondary N) is 1. The van der Waals surface area contributed by atoms with Crippen LogP contribution in [-0.4, -0.2) is 45.6 Å². The maximum Gasteiger partial charge on any atom is 0.221 e. The van der Waals surface area contributed by atoms with E-state index in [9.17, 15) is 13.2 Å². The van der Waals surface area contributed by atoms with E-state index in [1.54, 1.807) is 18.2 Å². The summed E-state index contributed by atoms with van der Waals surface area (Å²) in [6, 6.07) is 8.13. The van der Waals surface area contributed by atoms with Crippen molar-refractivity contribution in [1.82, 2.24) is 5.32 Å². The molecule has 1 amide bonds. The van der Waals surface area contributed by atoms with Crippen LogP contribution in [0.15, 0.2) is 35.2 Å². The van der Waals surface area contributed by atoms with Crippen molar-refractivity contribution in [3.05, 3.63) is 30.3 Å². The highest BCUT2D eigenvalue weighted by Crippen LogP contribution is 2.21. The molecule has 0 radical (unpaired) electrons. The van der Waals surface area contributed by atoms with Gasteiger partial charge < -0.3 is 14.8 Å². The van der Waals surface area contributed by atoms with E-state index < -0.39 is 15.6 Å². The molecule has 1 aromatic rings. The molecule has 0 aliphatic carbocycles. The fraction of sp³-hybridized carbons (Fsp3) is 0.533. The van der Waals surface area contributed by atoms with Crippen molar-refractivity contribution >= 4 is 15.7 Å². The quantitative estimate of drug-likeness (QED) is 0.811. The average Bonchev–Trinajstić information content (AvgIpc) is 2.93. The lowest BCUT2D eigenvalue weighted by molar-refractivity contribution is -0.146. The molecule has 1 heterocycles. The molecule has 1 aromatic carbocycles. The van der Waals surface area contributed by atoms with Crippen LogP contribution in [-0.2, 0) is 24.1 Å². The van der Waals surface area contributed by atoms with Crippen molar-refractivity contribution in [2.24, 2.45) is 0 Å². The minimum atomic E-state index is -3.42. The van der Waals surface area contributed by atoms with Crippen LogP contribution in [0.25, 0.3) is 0 Å². The van der Waals surface area contributed by atoms with Crippen molar-refractivity contribution in [3.8, 4) is 0 Å². The van der Waals surface area contributed by atoms with Crippen LogP contribution in [0.3, 0.4) is 0 Å². The molecule has 0 spiro atoms. The van der Waals surface area contributed by atoms with Gasteiger partial charge in [-0.05, 0) is 19.1 Å². The molecule has 22 heavy (non-hydrogen) atoms. The molecule has 1 saturated heterocycles. The summed E-state index contributed by atoms with van der Waals surface area (Å²) in [5, 5.41) is 2.70. The van der Waals surface area contributed by atoms with Crippen molar-refractivity contribution in [2.45, 2.75) is 30.4 Å². The van der Waals surface area contributed by atoms with Crippen LogP contribution in [0.5, 0.6) is 0 Å². The monoisotopic (exact) mass is 327 g/mol. The van der Waals surface area contributed by atoms with E-state index in [2.05, 4.69) is 5.32 Å². The van der Waals surface area contributed by atoms with Gasteiger partial charge in [-0.1, -0.05) is 18.2 Å². The van der Waals surface area contributed by atoms with Gasteiger partial charge in [-0.15, -0.1) is 0 Å². The van der Waals surface area contributed by atoms with Gasteiger partial charge in [0, 0.05) is 19.4 Å². The van der Waals surface area contributed by atoms with Crippen LogP contribution < -0.4 is 5.32 Å². The Hall–Kier alpha value is -1.44. The van der Waals surface area contributed by atoms with Gasteiger partial charge >= 0.3 is 0 Å². The predicted octanol–water partition coefficient (Wildman–Crippen LogP) is 1.12. The second-order valence-electron chi connectivity index (χ2n) is 5.31. The molecule has 122 valence electrons. The number of hydrogen-bond acceptors (Lipinski definition) is 5. The molecule has 0 atom stereocenters. The molecule has 0 saturated carbocycles. The smallest absolute Gasteiger partial charge is 0.221 e. The van der Waals surface area contributed by atoms with Crippen LogP contribution >= 0.6 is 0 Å². The van der Waals surface area contributed by atoms with Gasteiger partial charge in [0.25, 0.3) is 0 Å². The molecule has 7 heteroatoms. The van der Waals surface area contributed by atoms with Gasteiger partial charge in [-0.3, -0.25) is 4.79 Å². The van der Waals surface area contributed by atoms with Crippen molar-refractivity contribution in [2.75, 3.05) is 25.5 Å². The van der Waals surface area contributed by atoms with Gasteiger partial charge in [-0.2, -0.15) is 0 Å². The topological polar surface area (TPSA) is 81.7 Å².